The second-order valence-electron chi connectivity index (χ2n) is 6.04. The Hall–Kier alpha value is -3.12. The second kappa shape index (κ2) is 9.71. The Labute approximate surface area is 168 Å². The summed E-state index contributed by atoms with van der Waals surface area (Å²) in [6.45, 7) is 5.04. The van der Waals surface area contributed by atoms with E-state index in [9.17, 15) is 4.79 Å². The molecule has 1 N–H and O–H groups in total. The molecule has 1 aromatic heterocycles. The first kappa shape index (κ1) is 19.6. The van der Waals surface area contributed by atoms with Crippen molar-refractivity contribution in [1.29, 1.82) is 0 Å². The number of nitrogens with one attached hydrogen (secondary N) is 1. The highest BCUT2D eigenvalue weighted by atomic mass is 32.1. The molecule has 0 spiro atoms. The maximum Gasteiger partial charge on any atom is 0.271 e. The number of amides is 1. The van der Waals surface area contributed by atoms with Gasteiger partial charge in [-0.05, 0) is 67.9 Å². The van der Waals surface area contributed by atoms with Crippen molar-refractivity contribution in [2.45, 2.75) is 20.5 Å². The van der Waals surface area contributed by atoms with Gasteiger partial charge in [-0.1, -0.05) is 12.1 Å². The Morgan fingerprint density at radius 2 is 1.68 bits per heavy atom. The molecule has 0 fully saturated rings. The van der Waals surface area contributed by atoms with Gasteiger partial charge in [-0.25, -0.2) is 5.43 Å². The molecule has 3 rings (SSSR count). The lowest BCUT2D eigenvalue weighted by molar-refractivity contribution is 0.0955. The molecular weight excluding hydrogens is 372 g/mol. The molecular formula is C22H22N2O3S. The summed E-state index contributed by atoms with van der Waals surface area (Å²) in [6, 6.07) is 18.8. The van der Waals surface area contributed by atoms with Gasteiger partial charge in [0.2, 0.25) is 0 Å². The van der Waals surface area contributed by atoms with E-state index in [1.165, 1.54) is 4.88 Å². The molecule has 1 heterocycles. The van der Waals surface area contributed by atoms with Crippen LogP contribution >= 0.6 is 11.3 Å². The molecule has 0 saturated carbocycles. The van der Waals surface area contributed by atoms with Gasteiger partial charge < -0.3 is 9.47 Å². The van der Waals surface area contributed by atoms with Gasteiger partial charge in [0.25, 0.3) is 5.91 Å². The summed E-state index contributed by atoms with van der Waals surface area (Å²) in [5, 5.41) is 4.00. The summed E-state index contributed by atoms with van der Waals surface area (Å²) in [4.78, 5) is 14.4. The van der Waals surface area contributed by atoms with Crippen LogP contribution in [0.1, 0.15) is 32.6 Å². The lowest BCUT2D eigenvalue weighted by Crippen LogP contribution is -2.17. The van der Waals surface area contributed by atoms with Crippen molar-refractivity contribution >= 4 is 23.5 Å². The van der Waals surface area contributed by atoms with E-state index in [0.717, 1.165) is 21.9 Å². The standard InChI is InChI=1S/C22H22N2O3S/c1-3-26-19-9-11-20(12-10-19)27-15-17-5-7-18(8-6-17)22(25)24-23-14-21-13-4-16(2)28-21/h4-14H,3,15H2,1-2H3,(H,24,25)/b23-14-. The van der Waals surface area contributed by atoms with Crippen LogP contribution in [-0.2, 0) is 6.61 Å². The molecule has 3 aromatic rings. The molecule has 0 saturated heterocycles. The van der Waals surface area contributed by atoms with Crippen molar-refractivity contribution in [3.05, 3.63) is 81.5 Å². The number of aryl methyl sites for hydroxylation is 1. The fourth-order valence-electron chi connectivity index (χ4n) is 2.46. The molecule has 0 aliphatic heterocycles. The highest BCUT2D eigenvalue weighted by Crippen LogP contribution is 2.19. The lowest BCUT2D eigenvalue weighted by Gasteiger charge is -2.08. The Kier molecular flexibility index (Phi) is 6.81. The number of benzene rings is 2. The molecule has 0 unspecified atom stereocenters. The van der Waals surface area contributed by atoms with Crippen LogP contribution in [0.25, 0.3) is 0 Å². The minimum atomic E-state index is -0.247. The minimum Gasteiger partial charge on any atom is -0.494 e. The third-order valence-corrected chi connectivity index (χ3v) is 4.81. The topological polar surface area (TPSA) is 59.9 Å². The van der Waals surface area contributed by atoms with Crippen LogP contribution in [0.15, 0.2) is 65.8 Å². The highest BCUT2D eigenvalue weighted by molar-refractivity contribution is 7.13. The lowest BCUT2D eigenvalue weighted by atomic mass is 10.1. The number of ether oxygens (including phenoxy) is 2. The first-order chi connectivity index (χ1) is 13.6. The number of hydrogen-bond donors (Lipinski definition) is 1. The molecule has 0 radical (unpaired) electrons. The Bertz CT molecular complexity index is 931. The maximum absolute atomic E-state index is 12.2. The van der Waals surface area contributed by atoms with Crippen LogP contribution < -0.4 is 14.9 Å². The number of nitrogens with zero attached hydrogens (tertiary/aromatic N) is 1. The fourth-order valence-corrected chi connectivity index (χ4v) is 3.21. The van der Waals surface area contributed by atoms with Crippen molar-refractivity contribution in [2.75, 3.05) is 6.61 Å². The van der Waals surface area contributed by atoms with Gasteiger partial charge in [-0.3, -0.25) is 4.79 Å². The number of thiophene rings is 1. The van der Waals surface area contributed by atoms with Crippen LogP contribution in [-0.4, -0.2) is 18.7 Å². The van der Waals surface area contributed by atoms with Crippen molar-refractivity contribution in [3.63, 3.8) is 0 Å². The highest BCUT2D eigenvalue weighted by Gasteiger charge is 2.05. The van der Waals surface area contributed by atoms with Gasteiger partial charge in [-0.2, -0.15) is 5.10 Å². The predicted molar refractivity (Wildman–Crippen MR) is 113 cm³/mol. The average molecular weight is 394 g/mol. The SMILES string of the molecule is CCOc1ccc(OCc2ccc(C(=O)N/N=C\c3ccc(C)s3)cc2)cc1. The number of hydrogen-bond acceptors (Lipinski definition) is 5. The van der Waals surface area contributed by atoms with Gasteiger partial charge >= 0.3 is 0 Å². The summed E-state index contributed by atoms with van der Waals surface area (Å²) in [5.41, 5.74) is 4.06. The van der Waals surface area contributed by atoms with Crippen molar-refractivity contribution in [2.24, 2.45) is 5.10 Å². The molecule has 0 aliphatic carbocycles. The maximum atomic E-state index is 12.2. The quantitative estimate of drug-likeness (QED) is 0.441. The van der Waals surface area contributed by atoms with E-state index >= 15 is 0 Å². The first-order valence-electron chi connectivity index (χ1n) is 8.98. The zero-order chi connectivity index (χ0) is 19.8. The van der Waals surface area contributed by atoms with Gasteiger partial charge in [0.15, 0.2) is 0 Å². The molecule has 28 heavy (non-hydrogen) atoms. The molecule has 6 heteroatoms. The van der Waals surface area contributed by atoms with Gasteiger partial charge in [0.1, 0.15) is 18.1 Å². The number of carbonyl (C=O) groups is 1. The summed E-state index contributed by atoms with van der Waals surface area (Å²) >= 11 is 1.62. The number of rotatable bonds is 8. The monoisotopic (exact) mass is 394 g/mol. The Morgan fingerprint density at radius 1 is 1.00 bits per heavy atom. The summed E-state index contributed by atoms with van der Waals surface area (Å²) < 4.78 is 11.2. The van der Waals surface area contributed by atoms with Crippen molar-refractivity contribution < 1.29 is 14.3 Å². The van der Waals surface area contributed by atoms with Gasteiger partial charge in [0, 0.05) is 15.3 Å². The number of carbonyl (C=O) groups excluding carboxylic acids is 1. The van der Waals surface area contributed by atoms with E-state index < -0.39 is 0 Å². The molecule has 0 bridgehead atoms. The molecule has 5 nitrogen and oxygen atoms in total. The van der Waals surface area contributed by atoms with Gasteiger partial charge in [0.05, 0.1) is 12.8 Å². The van der Waals surface area contributed by atoms with E-state index in [-0.39, 0.29) is 5.91 Å². The molecule has 144 valence electrons. The third-order valence-electron chi connectivity index (χ3n) is 3.88. The van der Waals surface area contributed by atoms with Crippen LogP contribution in [0, 0.1) is 6.92 Å². The zero-order valence-corrected chi connectivity index (χ0v) is 16.7. The Balaban J connectivity index is 1.49. The molecule has 0 atom stereocenters. The van der Waals surface area contributed by atoms with Gasteiger partial charge in [-0.15, -0.1) is 11.3 Å². The molecule has 1 amide bonds. The third kappa shape index (κ3) is 5.69. The van der Waals surface area contributed by atoms with Crippen molar-refractivity contribution in [1.82, 2.24) is 5.43 Å². The predicted octanol–water partition coefficient (Wildman–Crippen LogP) is 4.80. The number of hydrazone groups is 1. The van der Waals surface area contributed by atoms with E-state index in [2.05, 4.69) is 10.5 Å². The van der Waals surface area contributed by atoms with Crippen LogP contribution in [0.4, 0.5) is 0 Å². The van der Waals surface area contributed by atoms with Crippen LogP contribution in [0.2, 0.25) is 0 Å². The van der Waals surface area contributed by atoms with Crippen LogP contribution in [0.3, 0.4) is 0 Å². The smallest absolute Gasteiger partial charge is 0.271 e. The van der Waals surface area contributed by atoms with Crippen molar-refractivity contribution in [3.8, 4) is 11.5 Å². The average Bonchev–Trinajstić information content (AvgIpc) is 3.13. The first-order valence-corrected chi connectivity index (χ1v) is 9.80. The van der Waals surface area contributed by atoms with E-state index in [0.29, 0.717) is 18.8 Å². The second-order valence-corrected chi connectivity index (χ2v) is 7.36. The van der Waals surface area contributed by atoms with E-state index in [1.807, 2.05) is 62.4 Å². The van der Waals surface area contributed by atoms with E-state index in [4.69, 9.17) is 9.47 Å². The summed E-state index contributed by atoms with van der Waals surface area (Å²) in [5.74, 6) is 1.34. The normalized spacial score (nSPS) is 10.8. The zero-order valence-electron chi connectivity index (χ0n) is 15.8. The minimum absolute atomic E-state index is 0.247. The molecule has 0 aliphatic rings. The summed E-state index contributed by atoms with van der Waals surface area (Å²) in [6.07, 6.45) is 1.65. The Morgan fingerprint density at radius 3 is 2.29 bits per heavy atom. The molecule has 2 aromatic carbocycles. The van der Waals surface area contributed by atoms with E-state index in [1.54, 1.807) is 29.7 Å². The largest absolute Gasteiger partial charge is 0.494 e. The van der Waals surface area contributed by atoms with Crippen LogP contribution in [0.5, 0.6) is 11.5 Å². The summed E-state index contributed by atoms with van der Waals surface area (Å²) in [7, 11) is 0. The fraction of sp³-hybridized carbons (Fsp3) is 0.182.